The number of hydrogen-bond donors (Lipinski definition) is 0. The van der Waals surface area contributed by atoms with E-state index >= 15 is 0 Å². The van der Waals surface area contributed by atoms with Crippen LogP contribution in [0.25, 0.3) is 11.1 Å². The number of benzene rings is 2. The summed E-state index contributed by atoms with van der Waals surface area (Å²) in [5.74, 6) is -0.633. The number of aromatic nitrogens is 1. The number of carbonyl (C=O) groups excluding carboxylic acids is 2. The minimum absolute atomic E-state index is 0.0301. The van der Waals surface area contributed by atoms with Gasteiger partial charge in [0.15, 0.2) is 0 Å². The fourth-order valence-electron chi connectivity index (χ4n) is 6.29. The van der Waals surface area contributed by atoms with Crippen molar-refractivity contribution in [3.05, 3.63) is 93.9 Å². The van der Waals surface area contributed by atoms with Gasteiger partial charge in [-0.05, 0) is 98.7 Å². The van der Waals surface area contributed by atoms with Gasteiger partial charge in [-0.2, -0.15) is 0 Å². The monoisotopic (exact) mass is 613 g/mol. The Kier molecular flexibility index (Phi) is 10.1. The second kappa shape index (κ2) is 14.0. The Morgan fingerprint density at radius 2 is 1.69 bits per heavy atom. The van der Waals surface area contributed by atoms with Crippen LogP contribution in [0.3, 0.4) is 0 Å². The van der Waals surface area contributed by atoms with Crippen molar-refractivity contribution in [2.75, 3.05) is 26.8 Å². The lowest BCUT2D eigenvalue weighted by Gasteiger charge is -2.40. The third kappa shape index (κ3) is 8.42. The molecule has 2 aliphatic rings. The number of hydrogen-bond acceptors (Lipinski definition) is 5. The zero-order chi connectivity index (χ0) is 32.1. The number of methoxy groups -OCH3 is 1. The molecule has 2 atom stereocenters. The molecule has 1 saturated carbocycles. The van der Waals surface area contributed by atoms with Crippen LogP contribution in [0.2, 0.25) is 0 Å². The molecule has 240 valence electrons. The molecule has 8 nitrogen and oxygen atoms in total. The van der Waals surface area contributed by atoms with Gasteiger partial charge in [0, 0.05) is 58.7 Å². The van der Waals surface area contributed by atoms with E-state index in [9.17, 15) is 14.4 Å². The highest BCUT2D eigenvalue weighted by Crippen LogP contribution is 2.38. The predicted molar refractivity (Wildman–Crippen MR) is 176 cm³/mol. The maximum Gasteiger partial charge on any atom is 0.410 e. The molecule has 0 unspecified atom stereocenters. The lowest BCUT2D eigenvalue weighted by atomic mass is 9.79. The van der Waals surface area contributed by atoms with Crippen molar-refractivity contribution in [2.24, 2.45) is 13.0 Å². The van der Waals surface area contributed by atoms with Gasteiger partial charge in [-0.15, -0.1) is 0 Å². The Labute approximate surface area is 266 Å². The summed E-state index contributed by atoms with van der Waals surface area (Å²) < 4.78 is 12.6. The molecule has 0 N–H and O–H groups in total. The van der Waals surface area contributed by atoms with Crippen LogP contribution >= 0.6 is 0 Å². The summed E-state index contributed by atoms with van der Waals surface area (Å²) in [5.41, 5.74) is 4.70. The summed E-state index contributed by atoms with van der Waals surface area (Å²) in [5, 5.41) is 0. The first kappa shape index (κ1) is 32.5. The smallest absolute Gasteiger partial charge is 0.410 e. The first-order valence-corrected chi connectivity index (χ1v) is 16.1. The number of pyridine rings is 1. The number of amides is 2. The Hall–Kier alpha value is -3.91. The van der Waals surface area contributed by atoms with Gasteiger partial charge in [-0.1, -0.05) is 42.5 Å². The molecule has 2 heterocycles. The maximum absolute atomic E-state index is 14.7. The molecule has 1 aromatic heterocycles. The standard InChI is InChI=1S/C37H47N3O5/c1-37(2,3)45-36(43)39-18-16-32(29-15-17-38(4)34(41)23-29)33(25-39)35(42)40(31-13-14-31)24-27-20-26(10-9-19-44-5)21-30(22-27)28-11-7-6-8-12-28/h6-8,11-12,15,17,20-23,31-33H,9-10,13-14,16,18-19,24-25H2,1-5H3/t32-,33+/m0/s1. The predicted octanol–water partition coefficient (Wildman–Crippen LogP) is 6.16. The Bertz CT molecular complexity index is 1540. The number of ether oxygens (including phenoxy) is 2. The molecule has 8 heteroatoms. The second-order valence-corrected chi connectivity index (χ2v) is 13.5. The molecule has 1 aliphatic carbocycles. The van der Waals surface area contributed by atoms with Gasteiger partial charge in [-0.3, -0.25) is 9.59 Å². The zero-order valence-electron chi connectivity index (χ0n) is 27.3. The van der Waals surface area contributed by atoms with E-state index in [-0.39, 0.29) is 30.0 Å². The van der Waals surface area contributed by atoms with Gasteiger partial charge in [0.1, 0.15) is 5.60 Å². The number of rotatable bonds is 10. The molecule has 0 bridgehead atoms. The van der Waals surface area contributed by atoms with Gasteiger partial charge in [-0.25, -0.2) is 4.79 Å². The van der Waals surface area contributed by atoms with Crippen LogP contribution in [0, 0.1) is 5.92 Å². The van der Waals surface area contributed by atoms with Gasteiger partial charge in [0.2, 0.25) is 5.91 Å². The summed E-state index contributed by atoms with van der Waals surface area (Å²) in [4.78, 5) is 44.2. The van der Waals surface area contributed by atoms with E-state index in [2.05, 4.69) is 30.3 Å². The molecular formula is C37H47N3O5. The minimum Gasteiger partial charge on any atom is -0.444 e. The number of piperidine rings is 1. The van der Waals surface area contributed by atoms with Crippen LogP contribution in [-0.4, -0.2) is 64.8 Å². The average molecular weight is 614 g/mol. The van der Waals surface area contributed by atoms with Crippen molar-refractivity contribution in [3.63, 3.8) is 0 Å². The maximum atomic E-state index is 14.7. The molecule has 5 rings (SSSR count). The molecule has 0 radical (unpaired) electrons. The molecule has 2 aromatic carbocycles. The third-order valence-electron chi connectivity index (χ3n) is 8.74. The number of likely N-dealkylation sites (tertiary alicyclic amines) is 1. The van der Waals surface area contributed by atoms with E-state index in [1.807, 2.05) is 49.9 Å². The second-order valence-electron chi connectivity index (χ2n) is 13.5. The fourth-order valence-corrected chi connectivity index (χ4v) is 6.29. The highest BCUT2D eigenvalue weighted by Gasteiger charge is 2.43. The Morgan fingerprint density at radius 1 is 0.956 bits per heavy atom. The van der Waals surface area contributed by atoms with Crippen LogP contribution in [0.15, 0.2) is 71.7 Å². The van der Waals surface area contributed by atoms with Crippen molar-refractivity contribution in [2.45, 2.75) is 77.0 Å². The summed E-state index contributed by atoms with van der Waals surface area (Å²) in [6.07, 6.45) is 5.66. The molecule has 0 spiro atoms. The van der Waals surface area contributed by atoms with E-state index in [0.717, 1.165) is 47.9 Å². The molecule has 2 amide bonds. The Morgan fingerprint density at radius 3 is 2.36 bits per heavy atom. The number of carbonyl (C=O) groups is 2. The molecule has 2 fully saturated rings. The molecule has 3 aromatic rings. The van der Waals surface area contributed by atoms with Crippen LogP contribution in [-0.2, 0) is 34.3 Å². The first-order chi connectivity index (χ1) is 21.5. The van der Waals surface area contributed by atoms with Crippen LogP contribution in [0.4, 0.5) is 4.79 Å². The lowest BCUT2D eigenvalue weighted by molar-refractivity contribution is -0.139. The SMILES string of the molecule is COCCCc1cc(CN(C(=O)[C@@H]2CN(C(=O)OC(C)(C)C)CC[C@H]2c2ccn(C)c(=O)c2)C2CC2)cc(-c2ccccc2)c1. The largest absolute Gasteiger partial charge is 0.444 e. The van der Waals surface area contributed by atoms with E-state index < -0.39 is 17.6 Å². The Balaban J connectivity index is 1.46. The quantitative estimate of drug-likeness (QED) is 0.256. The molecule has 45 heavy (non-hydrogen) atoms. The lowest BCUT2D eigenvalue weighted by Crippen LogP contribution is -2.51. The number of nitrogens with zero attached hydrogens (tertiary/aromatic N) is 3. The van der Waals surface area contributed by atoms with E-state index in [1.54, 1.807) is 31.3 Å². The van der Waals surface area contributed by atoms with Gasteiger partial charge in [0.05, 0.1) is 5.92 Å². The van der Waals surface area contributed by atoms with Crippen molar-refractivity contribution < 1.29 is 19.1 Å². The highest BCUT2D eigenvalue weighted by atomic mass is 16.6. The van der Waals surface area contributed by atoms with Crippen molar-refractivity contribution in [1.82, 2.24) is 14.4 Å². The summed E-state index contributed by atoms with van der Waals surface area (Å²) in [7, 11) is 3.45. The van der Waals surface area contributed by atoms with E-state index in [0.29, 0.717) is 26.1 Å². The zero-order valence-corrected chi connectivity index (χ0v) is 27.3. The fraction of sp³-hybridized carbons (Fsp3) is 0.486. The van der Waals surface area contributed by atoms with Crippen LogP contribution < -0.4 is 5.56 Å². The number of aryl methyl sites for hydroxylation is 2. The van der Waals surface area contributed by atoms with Gasteiger partial charge < -0.3 is 23.8 Å². The third-order valence-corrected chi connectivity index (χ3v) is 8.74. The van der Waals surface area contributed by atoms with Crippen molar-refractivity contribution in [3.8, 4) is 11.1 Å². The highest BCUT2D eigenvalue weighted by molar-refractivity contribution is 5.82. The molecule has 1 saturated heterocycles. The van der Waals surface area contributed by atoms with Crippen molar-refractivity contribution >= 4 is 12.0 Å². The molecular weight excluding hydrogens is 566 g/mol. The van der Waals surface area contributed by atoms with Crippen LogP contribution in [0.5, 0.6) is 0 Å². The topological polar surface area (TPSA) is 81.1 Å². The minimum atomic E-state index is -0.635. The first-order valence-electron chi connectivity index (χ1n) is 16.1. The van der Waals surface area contributed by atoms with Crippen molar-refractivity contribution in [1.29, 1.82) is 0 Å². The molecule has 1 aliphatic heterocycles. The average Bonchev–Trinajstić information content (AvgIpc) is 3.86. The normalized spacial score (nSPS) is 18.5. The summed E-state index contributed by atoms with van der Waals surface area (Å²) in [6, 6.07) is 20.7. The summed E-state index contributed by atoms with van der Waals surface area (Å²) in [6.45, 7) is 7.45. The van der Waals surface area contributed by atoms with E-state index in [4.69, 9.17) is 9.47 Å². The van der Waals surface area contributed by atoms with E-state index in [1.165, 1.54) is 10.1 Å². The summed E-state index contributed by atoms with van der Waals surface area (Å²) >= 11 is 0. The van der Waals surface area contributed by atoms with Crippen LogP contribution in [0.1, 0.15) is 69.1 Å². The van der Waals surface area contributed by atoms with Gasteiger partial charge >= 0.3 is 6.09 Å². The van der Waals surface area contributed by atoms with Gasteiger partial charge in [0.25, 0.3) is 5.56 Å².